The first-order valence-electron chi connectivity index (χ1n) is 6.43. The van der Waals surface area contributed by atoms with Gasteiger partial charge in [0.05, 0.1) is 4.90 Å². The van der Waals surface area contributed by atoms with E-state index in [0.29, 0.717) is 17.2 Å². The minimum absolute atomic E-state index is 0.114. The Morgan fingerprint density at radius 3 is 2.47 bits per heavy atom. The topological polar surface area (TPSA) is 89.4 Å². The molecule has 1 aromatic carbocycles. The molecule has 6 heteroatoms. The van der Waals surface area contributed by atoms with Crippen LogP contribution in [0.5, 0.6) is 0 Å². The smallest absolute Gasteiger partial charge is 0.238 e. The molecule has 1 aliphatic carbocycles. The standard InChI is InChI=1S/C13H21N3O2S/c1-9-12(16(2)8-10-4-3-5-10)6-11(14)7-13(9)19(15,17)18/h6-7,10H,3-5,8,14H2,1-2H3,(H2,15,17,18). The minimum Gasteiger partial charge on any atom is -0.399 e. The molecule has 0 spiro atoms. The zero-order chi connectivity index (χ0) is 14.2. The number of anilines is 2. The second-order valence-corrected chi connectivity index (χ2v) is 6.92. The van der Waals surface area contributed by atoms with E-state index in [1.54, 1.807) is 6.92 Å². The number of primary sulfonamides is 1. The Kier molecular flexibility index (Phi) is 3.73. The van der Waals surface area contributed by atoms with E-state index in [-0.39, 0.29) is 4.90 Å². The Morgan fingerprint density at radius 2 is 2.00 bits per heavy atom. The van der Waals surface area contributed by atoms with E-state index in [1.165, 1.54) is 25.3 Å². The molecule has 0 amide bonds. The zero-order valence-electron chi connectivity index (χ0n) is 11.4. The largest absolute Gasteiger partial charge is 0.399 e. The third kappa shape index (κ3) is 3.01. The van der Waals surface area contributed by atoms with Crippen LogP contribution in [0.4, 0.5) is 11.4 Å². The first-order chi connectivity index (χ1) is 8.79. The number of hydrogen-bond donors (Lipinski definition) is 2. The van der Waals surface area contributed by atoms with Gasteiger partial charge in [-0.1, -0.05) is 6.42 Å². The second kappa shape index (κ2) is 5.02. The van der Waals surface area contributed by atoms with Crippen LogP contribution in [0.25, 0.3) is 0 Å². The summed E-state index contributed by atoms with van der Waals surface area (Å²) in [5, 5.41) is 5.23. The maximum absolute atomic E-state index is 11.6. The summed E-state index contributed by atoms with van der Waals surface area (Å²) in [4.78, 5) is 2.19. The van der Waals surface area contributed by atoms with Gasteiger partial charge in [-0.05, 0) is 43.4 Å². The predicted octanol–water partition coefficient (Wildman–Crippen LogP) is 1.46. The number of hydrogen-bond acceptors (Lipinski definition) is 4. The summed E-state index contributed by atoms with van der Waals surface area (Å²) in [6, 6.07) is 3.23. The van der Waals surface area contributed by atoms with Crippen molar-refractivity contribution in [1.29, 1.82) is 0 Å². The molecule has 0 radical (unpaired) electrons. The van der Waals surface area contributed by atoms with Crippen molar-refractivity contribution < 1.29 is 8.42 Å². The van der Waals surface area contributed by atoms with E-state index in [0.717, 1.165) is 12.2 Å². The van der Waals surface area contributed by atoms with Crippen LogP contribution in [-0.2, 0) is 10.0 Å². The fourth-order valence-corrected chi connectivity index (χ4v) is 3.38. The number of nitrogens with two attached hydrogens (primary N) is 2. The van der Waals surface area contributed by atoms with Crippen molar-refractivity contribution in [3.63, 3.8) is 0 Å². The molecule has 0 bridgehead atoms. The van der Waals surface area contributed by atoms with Gasteiger partial charge in [0, 0.05) is 25.0 Å². The lowest BCUT2D eigenvalue weighted by atomic mass is 9.85. The Balaban J connectivity index is 2.36. The quantitative estimate of drug-likeness (QED) is 0.819. The average Bonchev–Trinajstić information content (AvgIpc) is 2.24. The van der Waals surface area contributed by atoms with Gasteiger partial charge >= 0.3 is 0 Å². The normalized spacial score (nSPS) is 16.2. The summed E-state index contributed by atoms with van der Waals surface area (Å²) in [6.07, 6.45) is 3.78. The van der Waals surface area contributed by atoms with Crippen LogP contribution in [-0.4, -0.2) is 22.0 Å². The lowest BCUT2D eigenvalue weighted by Gasteiger charge is -2.32. The Morgan fingerprint density at radius 1 is 1.37 bits per heavy atom. The fourth-order valence-electron chi connectivity index (χ4n) is 2.55. The van der Waals surface area contributed by atoms with Gasteiger partial charge < -0.3 is 10.6 Å². The molecule has 0 aliphatic heterocycles. The highest BCUT2D eigenvalue weighted by Crippen LogP contribution is 2.32. The molecule has 106 valence electrons. The number of rotatable bonds is 4. The van der Waals surface area contributed by atoms with Gasteiger partial charge in [-0.2, -0.15) is 0 Å². The van der Waals surface area contributed by atoms with Crippen LogP contribution in [0.3, 0.4) is 0 Å². The van der Waals surface area contributed by atoms with E-state index in [2.05, 4.69) is 4.90 Å². The highest BCUT2D eigenvalue weighted by atomic mass is 32.2. The van der Waals surface area contributed by atoms with Crippen LogP contribution >= 0.6 is 0 Å². The van der Waals surface area contributed by atoms with Crippen LogP contribution in [0.15, 0.2) is 17.0 Å². The predicted molar refractivity (Wildman–Crippen MR) is 77.6 cm³/mol. The number of sulfonamides is 1. The number of nitrogens with zero attached hydrogens (tertiary/aromatic N) is 1. The van der Waals surface area contributed by atoms with Crippen molar-refractivity contribution >= 4 is 21.4 Å². The van der Waals surface area contributed by atoms with Crippen LogP contribution in [0, 0.1) is 12.8 Å². The molecular weight excluding hydrogens is 262 g/mol. The van der Waals surface area contributed by atoms with Crippen molar-refractivity contribution in [2.45, 2.75) is 31.1 Å². The lowest BCUT2D eigenvalue weighted by Crippen LogP contribution is -2.30. The molecule has 4 N–H and O–H groups in total. The molecule has 5 nitrogen and oxygen atoms in total. The Hall–Kier alpha value is -1.27. The zero-order valence-corrected chi connectivity index (χ0v) is 12.2. The fraction of sp³-hybridized carbons (Fsp3) is 0.538. The molecule has 0 heterocycles. The summed E-state index contributed by atoms with van der Waals surface area (Å²) < 4.78 is 23.1. The SMILES string of the molecule is Cc1c(N(C)CC2CCC2)cc(N)cc1S(N)(=O)=O. The third-order valence-electron chi connectivity index (χ3n) is 3.83. The van der Waals surface area contributed by atoms with Crippen molar-refractivity contribution in [1.82, 2.24) is 0 Å². The van der Waals surface area contributed by atoms with Gasteiger partial charge in [0.1, 0.15) is 0 Å². The molecule has 2 rings (SSSR count). The summed E-state index contributed by atoms with van der Waals surface area (Å²) >= 11 is 0. The van der Waals surface area contributed by atoms with Gasteiger partial charge in [-0.15, -0.1) is 0 Å². The van der Waals surface area contributed by atoms with Gasteiger partial charge in [-0.3, -0.25) is 0 Å². The van der Waals surface area contributed by atoms with E-state index in [4.69, 9.17) is 10.9 Å². The lowest BCUT2D eigenvalue weighted by molar-refractivity contribution is 0.321. The molecule has 0 saturated heterocycles. The summed E-state index contributed by atoms with van der Waals surface area (Å²) in [7, 11) is -1.77. The van der Waals surface area contributed by atoms with Crippen LogP contribution in [0.1, 0.15) is 24.8 Å². The average molecular weight is 283 g/mol. The van der Waals surface area contributed by atoms with Crippen molar-refractivity contribution in [3.8, 4) is 0 Å². The third-order valence-corrected chi connectivity index (χ3v) is 4.87. The maximum atomic E-state index is 11.6. The molecule has 19 heavy (non-hydrogen) atoms. The van der Waals surface area contributed by atoms with Gasteiger partial charge in [0.25, 0.3) is 0 Å². The molecule has 1 saturated carbocycles. The summed E-state index contributed by atoms with van der Waals surface area (Å²) in [5.41, 5.74) is 7.72. The second-order valence-electron chi connectivity index (χ2n) is 5.39. The molecule has 0 atom stereocenters. The van der Waals surface area contributed by atoms with Crippen LogP contribution in [0.2, 0.25) is 0 Å². The highest BCUT2D eigenvalue weighted by molar-refractivity contribution is 7.89. The van der Waals surface area contributed by atoms with Crippen molar-refractivity contribution in [3.05, 3.63) is 17.7 Å². The molecule has 1 aromatic rings. The first-order valence-corrected chi connectivity index (χ1v) is 7.97. The molecular formula is C13H21N3O2S. The van der Waals surface area contributed by atoms with Crippen molar-refractivity contribution in [2.24, 2.45) is 11.1 Å². The van der Waals surface area contributed by atoms with Crippen molar-refractivity contribution in [2.75, 3.05) is 24.2 Å². The molecule has 0 unspecified atom stereocenters. The van der Waals surface area contributed by atoms with Gasteiger partial charge in [0.15, 0.2) is 0 Å². The summed E-state index contributed by atoms with van der Waals surface area (Å²) in [6.45, 7) is 2.69. The molecule has 1 fully saturated rings. The monoisotopic (exact) mass is 283 g/mol. The van der Waals surface area contributed by atoms with Gasteiger partial charge in [-0.25, -0.2) is 13.6 Å². The van der Waals surface area contributed by atoms with E-state index >= 15 is 0 Å². The Labute approximate surface area is 114 Å². The van der Waals surface area contributed by atoms with E-state index in [9.17, 15) is 8.42 Å². The Bertz CT molecular complexity index is 580. The molecule has 1 aliphatic rings. The number of benzene rings is 1. The first kappa shape index (κ1) is 14.1. The minimum atomic E-state index is -3.74. The van der Waals surface area contributed by atoms with E-state index < -0.39 is 10.0 Å². The highest BCUT2D eigenvalue weighted by Gasteiger charge is 2.22. The molecule has 0 aromatic heterocycles. The number of nitrogen functional groups attached to an aromatic ring is 1. The maximum Gasteiger partial charge on any atom is 0.238 e. The van der Waals surface area contributed by atoms with Gasteiger partial charge in [0.2, 0.25) is 10.0 Å². The van der Waals surface area contributed by atoms with Crippen LogP contribution < -0.4 is 15.8 Å². The van der Waals surface area contributed by atoms with E-state index in [1.807, 2.05) is 13.1 Å². The summed E-state index contributed by atoms with van der Waals surface area (Å²) in [5.74, 6) is 0.698.